The quantitative estimate of drug-likeness (QED) is 0.712. The van der Waals surface area contributed by atoms with Crippen LogP contribution >= 0.6 is 0 Å². The predicted molar refractivity (Wildman–Crippen MR) is 64.5 cm³/mol. The maximum absolute atomic E-state index is 4.34. The van der Waals surface area contributed by atoms with E-state index in [4.69, 9.17) is 0 Å². The highest BCUT2D eigenvalue weighted by Gasteiger charge is 1.98. The van der Waals surface area contributed by atoms with Gasteiger partial charge in [-0.2, -0.15) is 0 Å². The molecule has 0 radical (unpaired) electrons. The van der Waals surface area contributed by atoms with Crippen LogP contribution in [0.1, 0.15) is 11.1 Å². The van der Waals surface area contributed by atoms with Gasteiger partial charge in [0.2, 0.25) is 0 Å². The molecule has 0 atom stereocenters. The van der Waals surface area contributed by atoms with Crippen LogP contribution in [0.15, 0.2) is 49.2 Å². The number of hydrogen-bond donors (Lipinski definition) is 0. The average Bonchev–Trinajstić information content (AvgIpc) is 2.30. The van der Waals surface area contributed by atoms with Crippen LogP contribution in [0.2, 0.25) is 0 Å². The van der Waals surface area contributed by atoms with Crippen molar-refractivity contribution in [2.75, 3.05) is 0 Å². The van der Waals surface area contributed by atoms with Crippen LogP contribution in [-0.2, 0) is 0 Å². The number of aromatic nitrogens is 1. The van der Waals surface area contributed by atoms with Gasteiger partial charge in [0.25, 0.3) is 0 Å². The molecular formula is C14H13N. The molecule has 0 bridgehead atoms. The summed E-state index contributed by atoms with van der Waals surface area (Å²) in [5, 5.41) is 0. The van der Waals surface area contributed by atoms with Crippen LogP contribution in [0, 0.1) is 6.92 Å². The van der Waals surface area contributed by atoms with Gasteiger partial charge in [0, 0.05) is 11.8 Å². The fourth-order valence-corrected chi connectivity index (χ4v) is 1.46. The van der Waals surface area contributed by atoms with Crippen LogP contribution in [0.4, 0.5) is 0 Å². The topological polar surface area (TPSA) is 12.9 Å². The molecule has 2 rings (SSSR count). The first kappa shape index (κ1) is 9.66. The molecule has 1 nitrogen and oxygen atoms in total. The second-order valence-corrected chi connectivity index (χ2v) is 3.54. The van der Waals surface area contributed by atoms with Crippen molar-refractivity contribution in [3.05, 3.63) is 60.3 Å². The fourth-order valence-electron chi connectivity index (χ4n) is 1.46. The Morgan fingerprint density at radius 3 is 2.53 bits per heavy atom. The molecule has 0 aliphatic heterocycles. The molecule has 1 aromatic carbocycles. The molecule has 74 valence electrons. The molecule has 0 aliphatic carbocycles. The van der Waals surface area contributed by atoms with Crippen molar-refractivity contribution in [3.8, 4) is 11.3 Å². The predicted octanol–water partition coefficient (Wildman–Crippen LogP) is 3.70. The standard InChI is InChI=1S/C14H13N/c1-3-12-8-9-15-14(10-12)13-6-4-11(2)5-7-13/h3-10H,1H2,2H3. The maximum Gasteiger partial charge on any atom is 0.0707 e. The Kier molecular flexibility index (Phi) is 2.64. The van der Waals surface area contributed by atoms with Gasteiger partial charge in [0.15, 0.2) is 0 Å². The first-order valence-electron chi connectivity index (χ1n) is 4.95. The van der Waals surface area contributed by atoms with E-state index in [1.165, 1.54) is 5.56 Å². The molecule has 1 heteroatoms. The lowest BCUT2D eigenvalue weighted by molar-refractivity contribution is 1.31. The lowest BCUT2D eigenvalue weighted by Gasteiger charge is -2.02. The Bertz CT molecular complexity index is 469. The molecule has 0 fully saturated rings. The Morgan fingerprint density at radius 1 is 1.13 bits per heavy atom. The van der Waals surface area contributed by atoms with Crippen LogP contribution in [0.25, 0.3) is 17.3 Å². The third-order valence-electron chi connectivity index (χ3n) is 2.37. The molecular weight excluding hydrogens is 182 g/mol. The zero-order valence-corrected chi connectivity index (χ0v) is 8.77. The van der Waals surface area contributed by atoms with E-state index in [0.29, 0.717) is 0 Å². The first-order valence-corrected chi connectivity index (χ1v) is 4.95. The monoisotopic (exact) mass is 195 g/mol. The van der Waals surface area contributed by atoms with Crippen molar-refractivity contribution in [3.63, 3.8) is 0 Å². The molecule has 15 heavy (non-hydrogen) atoms. The summed E-state index contributed by atoms with van der Waals surface area (Å²) in [5.41, 5.74) is 4.50. The van der Waals surface area contributed by atoms with Crippen molar-refractivity contribution < 1.29 is 0 Å². The van der Waals surface area contributed by atoms with Crippen molar-refractivity contribution in [1.29, 1.82) is 0 Å². The Hall–Kier alpha value is -1.89. The highest BCUT2D eigenvalue weighted by atomic mass is 14.7. The van der Waals surface area contributed by atoms with Gasteiger partial charge < -0.3 is 0 Å². The van der Waals surface area contributed by atoms with Crippen molar-refractivity contribution in [2.45, 2.75) is 6.92 Å². The molecule has 0 unspecified atom stereocenters. The molecule has 0 saturated heterocycles. The third-order valence-corrected chi connectivity index (χ3v) is 2.37. The lowest BCUT2D eigenvalue weighted by Crippen LogP contribution is -1.84. The summed E-state index contributed by atoms with van der Waals surface area (Å²) >= 11 is 0. The number of hydrogen-bond acceptors (Lipinski definition) is 1. The molecule has 0 N–H and O–H groups in total. The van der Waals surface area contributed by atoms with E-state index in [2.05, 4.69) is 42.8 Å². The van der Waals surface area contributed by atoms with Crippen molar-refractivity contribution >= 4 is 6.08 Å². The largest absolute Gasteiger partial charge is 0.256 e. The van der Waals surface area contributed by atoms with E-state index in [1.807, 2.05) is 24.4 Å². The normalized spacial score (nSPS) is 9.93. The molecule has 0 aliphatic rings. The van der Waals surface area contributed by atoms with Crippen LogP contribution < -0.4 is 0 Å². The van der Waals surface area contributed by atoms with Gasteiger partial charge >= 0.3 is 0 Å². The average molecular weight is 195 g/mol. The van der Waals surface area contributed by atoms with E-state index in [9.17, 15) is 0 Å². The van der Waals surface area contributed by atoms with Gasteiger partial charge in [-0.1, -0.05) is 42.5 Å². The Balaban J connectivity index is 2.44. The minimum Gasteiger partial charge on any atom is -0.256 e. The summed E-state index contributed by atoms with van der Waals surface area (Å²) in [4.78, 5) is 4.34. The van der Waals surface area contributed by atoms with Gasteiger partial charge in [0.1, 0.15) is 0 Å². The smallest absolute Gasteiger partial charge is 0.0707 e. The molecule has 1 heterocycles. The third kappa shape index (κ3) is 2.13. The van der Waals surface area contributed by atoms with Crippen molar-refractivity contribution in [1.82, 2.24) is 4.98 Å². The van der Waals surface area contributed by atoms with Crippen molar-refractivity contribution in [2.24, 2.45) is 0 Å². The number of nitrogens with zero attached hydrogens (tertiary/aromatic N) is 1. The van der Waals surface area contributed by atoms with Gasteiger partial charge in [-0.05, 0) is 24.6 Å². The number of pyridine rings is 1. The Morgan fingerprint density at radius 2 is 1.87 bits per heavy atom. The number of aryl methyl sites for hydroxylation is 1. The van der Waals surface area contributed by atoms with E-state index in [-0.39, 0.29) is 0 Å². The van der Waals surface area contributed by atoms with E-state index < -0.39 is 0 Å². The van der Waals surface area contributed by atoms with Gasteiger partial charge in [-0.15, -0.1) is 0 Å². The molecule has 0 saturated carbocycles. The first-order chi connectivity index (χ1) is 7.29. The number of rotatable bonds is 2. The highest BCUT2D eigenvalue weighted by Crippen LogP contribution is 2.18. The minimum absolute atomic E-state index is 0.993. The van der Waals surface area contributed by atoms with Crippen LogP contribution in [0.5, 0.6) is 0 Å². The summed E-state index contributed by atoms with van der Waals surface area (Å²) < 4.78 is 0. The molecule has 0 spiro atoms. The minimum atomic E-state index is 0.993. The summed E-state index contributed by atoms with van der Waals surface area (Å²) in [7, 11) is 0. The van der Waals surface area contributed by atoms with E-state index >= 15 is 0 Å². The van der Waals surface area contributed by atoms with Gasteiger partial charge in [0.05, 0.1) is 5.69 Å². The zero-order chi connectivity index (χ0) is 10.7. The summed E-state index contributed by atoms with van der Waals surface area (Å²) in [5.74, 6) is 0. The SMILES string of the molecule is C=Cc1ccnc(-c2ccc(C)cc2)c1. The summed E-state index contributed by atoms with van der Waals surface area (Å²) in [6.45, 7) is 5.83. The summed E-state index contributed by atoms with van der Waals surface area (Å²) in [6.07, 6.45) is 3.64. The Labute approximate surface area is 90.1 Å². The fraction of sp³-hybridized carbons (Fsp3) is 0.0714. The second kappa shape index (κ2) is 4.09. The van der Waals surface area contributed by atoms with Crippen LogP contribution in [-0.4, -0.2) is 4.98 Å². The number of benzene rings is 1. The summed E-state index contributed by atoms with van der Waals surface area (Å²) in [6, 6.07) is 12.4. The lowest BCUT2D eigenvalue weighted by atomic mass is 10.1. The van der Waals surface area contributed by atoms with Gasteiger partial charge in [-0.3, -0.25) is 4.98 Å². The maximum atomic E-state index is 4.34. The zero-order valence-electron chi connectivity index (χ0n) is 8.77. The molecule has 1 aromatic heterocycles. The van der Waals surface area contributed by atoms with E-state index in [0.717, 1.165) is 16.8 Å². The van der Waals surface area contributed by atoms with Crippen LogP contribution in [0.3, 0.4) is 0 Å². The molecule has 0 amide bonds. The van der Waals surface area contributed by atoms with E-state index in [1.54, 1.807) is 0 Å². The van der Waals surface area contributed by atoms with Gasteiger partial charge in [-0.25, -0.2) is 0 Å². The highest BCUT2D eigenvalue weighted by molar-refractivity contribution is 5.63. The molecule has 2 aromatic rings. The second-order valence-electron chi connectivity index (χ2n) is 3.54.